The minimum Gasteiger partial charge on any atom is -0.294 e. The molecule has 2 atom stereocenters. The minimum atomic E-state index is -4.18. The lowest BCUT2D eigenvalue weighted by Crippen LogP contribution is -2.31. The molecule has 1 aliphatic rings. The van der Waals surface area contributed by atoms with E-state index in [1.54, 1.807) is 18.2 Å². The molecular formula is C16H19F3O. The second kappa shape index (κ2) is 5.98. The maximum atomic E-state index is 12.8. The maximum absolute atomic E-state index is 12.8. The van der Waals surface area contributed by atoms with Gasteiger partial charge in [0.05, 0.1) is 5.92 Å². The molecule has 1 fully saturated rings. The lowest BCUT2D eigenvalue weighted by Gasteiger charge is -2.29. The molecule has 1 aromatic carbocycles. The summed E-state index contributed by atoms with van der Waals surface area (Å²) in [6.07, 6.45) is -2.21. The first-order chi connectivity index (χ1) is 9.41. The van der Waals surface area contributed by atoms with E-state index in [9.17, 15) is 18.0 Å². The van der Waals surface area contributed by atoms with Crippen LogP contribution < -0.4 is 0 Å². The van der Waals surface area contributed by atoms with Crippen molar-refractivity contribution >= 4 is 5.78 Å². The molecule has 110 valence electrons. The van der Waals surface area contributed by atoms with Crippen molar-refractivity contribution in [2.75, 3.05) is 0 Å². The van der Waals surface area contributed by atoms with Gasteiger partial charge in [-0.1, -0.05) is 31.5 Å². The molecule has 2 unspecified atom stereocenters. The quantitative estimate of drug-likeness (QED) is 0.729. The molecule has 0 aromatic heterocycles. The second-order valence-electron chi connectivity index (χ2n) is 5.52. The SMILES string of the molecule is CCc1cccc(C(=O)C2CCCC(C(F)(F)F)C2)c1. The molecule has 20 heavy (non-hydrogen) atoms. The average molecular weight is 284 g/mol. The molecule has 1 saturated carbocycles. The molecular weight excluding hydrogens is 265 g/mol. The number of ketones is 1. The van der Waals surface area contributed by atoms with Crippen LogP contribution in [0.1, 0.15) is 48.5 Å². The normalized spacial score (nSPS) is 23.6. The number of Topliss-reactive ketones (excluding diaryl/α,β-unsaturated/α-hetero) is 1. The Labute approximate surface area is 117 Å². The van der Waals surface area contributed by atoms with E-state index < -0.39 is 18.0 Å². The smallest absolute Gasteiger partial charge is 0.294 e. The van der Waals surface area contributed by atoms with E-state index in [0.717, 1.165) is 12.0 Å². The van der Waals surface area contributed by atoms with E-state index in [0.29, 0.717) is 18.4 Å². The zero-order valence-corrected chi connectivity index (χ0v) is 11.5. The van der Waals surface area contributed by atoms with Gasteiger partial charge in [0.1, 0.15) is 0 Å². The molecule has 2 rings (SSSR count). The van der Waals surface area contributed by atoms with E-state index in [2.05, 4.69) is 0 Å². The summed E-state index contributed by atoms with van der Waals surface area (Å²) in [5, 5.41) is 0. The van der Waals surface area contributed by atoms with Gasteiger partial charge >= 0.3 is 6.18 Å². The fourth-order valence-electron chi connectivity index (χ4n) is 2.91. The fourth-order valence-corrected chi connectivity index (χ4v) is 2.91. The summed E-state index contributed by atoms with van der Waals surface area (Å²) in [4.78, 5) is 12.4. The zero-order valence-electron chi connectivity index (χ0n) is 11.5. The molecule has 0 saturated heterocycles. The maximum Gasteiger partial charge on any atom is 0.391 e. The molecule has 0 N–H and O–H groups in total. The van der Waals surface area contributed by atoms with Crippen LogP contribution in [0.5, 0.6) is 0 Å². The number of aryl methyl sites for hydroxylation is 1. The van der Waals surface area contributed by atoms with Gasteiger partial charge in [-0.2, -0.15) is 13.2 Å². The van der Waals surface area contributed by atoms with Crippen LogP contribution in [0, 0.1) is 11.8 Å². The van der Waals surface area contributed by atoms with Crippen molar-refractivity contribution in [1.82, 2.24) is 0 Å². The first-order valence-corrected chi connectivity index (χ1v) is 7.11. The third kappa shape index (κ3) is 3.41. The largest absolute Gasteiger partial charge is 0.391 e. The number of hydrogen-bond donors (Lipinski definition) is 0. The van der Waals surface area contributed by atoms with Gasteiger partial charge < -0.3 is 0 Å². The van der Waals surface area contributed by atoms with Crippen molar-refractivity contribution in [3.63, 3.8) is 0 Å². The van der Waals surface area contributed by atoms with E-state index >= 15 is 0 Å². The van der Waals surface area contributed by atoms with Crippen LogP contribution in [-0.2, 0) is 6.42 Å². The minimum absolute atomic E-state index is 0.0569. The summed E-state index contributed by atoms with van der Waals surface area (Å²) in [6, 6.07) is 7.24. The summed E-state index contributed by atoms with van der Waals surface area (Å²) in [5.74, 6) is -1.93. The van der Waals surface area contributed by atoms with E-state index in [1.165, 1.54) is 0 Å². The molecule has 0 radical (unpaired) electrons. The third-order valence-electron chi connectivity index (χ3n) is 4.13. The highest BCUT2D eigenvalue weighted by molar-refractivity contribution is 5.98. The van der Waals surface area contributed by atoms with Crippen LogP contribution in [0.15, 0.2) is 24.3 Å². The standard InChI is InChI=1S/C16H19F3O/c1-2-11-5-3-6-12(9-11)15(20)13-7-4-8-14(10-13)16(17,18)19/h3,5-6,9,13-14H,2,4,7-8,10H2,1H3. The molecule has 4 heteroatoms. The van der Waals surface area contributed by atoms with Crippen LogP contribution in [-0.4, -0.2) is 12.0 Å². The van der Waals surface area contributed by atoms with Crippen molar-refractivity contribution in [1.29, 1.82) is 0 Å². The Kier molecular flexibility index (Phi) is 4.51. The highest BCUT2D eigenvalue weighted by atomic mass is 19.4. The number of alkyl halides is 3. The molecule has 0 heterocycles. The molecule has 0 amide bonds. The van der Waals surface area contributed by atoms with Crippen molar-refractivity contribution in [3.05, 3.63) is 35.4 Å². The number of halogens is 3. The number of hydrogen-bond acceptors (Lipinski definition) is 1. The summed E-state index contributed by atoms with van der Waals surface area (Å²) in [6.45, 7) is 1.99. The lowest BCUT2D eigenvalue weighted by molar-refractivity contribution is -0.184. The van der Waals surface area contributed by atoms with Gasteiger partial charge in [-0.3, -0.25) is 4.79 Å². The van der Waals surface area contributed by atoms with Crippen molar-refractivity contribution in [3.8, 4) is 0 Å². The Morgan fingerprint density at radius 2 is 2.05 bits per heavy atom. The van der Waals surface area contributed by atoms with E-state index in [1.807, 2.05) is 13.0 Å². The van der Waals surface area contributed by atoms with Gasteiger partial charge in [0.15, 0.2) is 5.78 Å². The Bertz CT molecular complexity index is 479. The van der Waals surface area contributed by atoms with Gasteiger partial charge in [-0.05, 0) is 37.3 Å². The summed E-state index contributed by atoms with van der Waals surface area (Å²) in [5.41, 5.74) is 1.59. The number of benzene rings is 1. The average Bonchev–Trinajstić information content (AvgIpc) is 2.46. The van der Waals surface area contributed by atoms with Crippen LogP contribution in [0.2, 0.25) is 0 Å². The summed E-state index contributed by atoms with van der Waals surface area (Å²) in [7, 11) is 0. The van der Waals surface area contributed by atoms with Gasteiger partial charge in [-0.15, -0.1) is 0 Å². The molecule has 0 spiro atoms. The lowest BCUT2D eigenvalue weighted by atomic mass is 9.77. The van der Waals surface area contributed by atoms with Crippen molar-refractivity contribution in [2.24, 2.45) is 11.8 Å². The molecule has 1 aliphatic carbocycles. The predicted molar refractivity (Wildman–Crippen MR) is 71.7 cm³/mol. The highest BCUT2D eigenvalue weighted by Gasteiger charge is 2.43. The molecule has 1 aromatic rings. The highest BCUT2D eigenvalue weighted by Crippen LogP contribution is 2.40. The van der Waals surface area contributed by atoms with Gasteiger partial charge in [0.2, 0.25) is 0 Å². The van der Waals surface area contributed by atoms with E-state index in [4.69, 9.17) is 0 Å². The topological polar surface area (TPSA) is 17.1 Å². The summed E-state index contributed by atoms with van der Waals surface area (Å²) >= 11 is 0. The third-order valence-corrected chi connectivity index (χ3v) is 4.13. The number of rotatable bonds is 3. The molecule has 1 nitrogen and oxygen atoms in total. The number of carbonyl (C=O) groups excluding carboxylic acids is 1. The fraction of sp³-hybridized carbons (Fsp3) is 0.562. The van der Waals surface area contributed by atoms with E-state index in [-0.39, 0.29) is 18.6 Å². The van der Waals surface area contributed by atoms with Crippen LogP contribution in [0.25, 0.3) is 0 Å². The van der Waals surface area contributed by atoms with Crippen molar-refractivity contribution < 1.29 is 18.0 Å². The first-order valence-electron chi connectivity index (χ1n) is 7.11. The Morgan fingerprint density at radius 1 is 1.30 bits per heavy atom. The summed E-state index contributed by atoms with van der Waals surface area (Å²) < 4.78 is 38.4. The van der Waals surface area contributed by atoms with Gasteiger partial charge in [0.25, 0.3) is 0 Å². The van der Waals surface area contributed by atoms with Crippen molar-refractivity contribution in [2.45, 2.75) is 45.2 Å². The monoisotopic (exact) mass is 284 g/mol. The Balaban J connectivity index is 2.12. The van der Waals surface area contributed by atoms with Gasteiger partial charge in [0, 0.05) is 11.5 Å². The zero-order chi connectivity index (χ0) is 14.8. The Morgan fingerprint density at radius 3 is 2.70 bits per heavy atom. The number of carbonyl (C=O) groups is 1. The Hall–Kier alpha value is -1.32. The van der Waals surface area contributed by atoms with Crippen LogP contribution in [0.4, 0.5) is 13.2 Å². The molecule has 0 bridgehead atoms. The first kappa shape index (κ1) is 15.1. The second-order valence-corrected chi connectivity index (χ2v) is 5.52. The van der Waals surface area contributed by atoms with Crippen LogP contribution >= 0.6 is 0 Å². The predicted octanol–water partition coefficient (Wildman–Crippen LogP) is 4.80. The van der Waals surface area contributed by atoms with Gasteiger partial charge in [-0.25, -0.2) is 0 Å². The molecule has 0 aliphatic heterocycles. The van der Waals surface area contributed by atoms with Crippen LogP contribution in [0.3, 0.4) is 0 Å².